The number of nitrogens with one attached hydrogen (secondary N) is 1. The number of pyridine rings is 1. The van der Waals surface area contributed by atoms with Gasteiger partial charge in [-0.2, -0.15) is 4.57 Å². The van der Waals surface area contributed by atoms with Gasteiger partial charge in [0, 0.05) is 16.2 Å². The number of hydrogen-bond donors (Lipinski definition) is 2. The molecule has 0 atom stereocenters. The van der Waals surface area contributed by atoms with E-state index in [0.29, 0.717) is 11.3 Å². The Balaban J connectivity index is 2.06. The molecule has 1 heterocycles. The SMILES string of the molecule is Cc1ccc(NC(=O)C[n+]2cccc(C(N)=O)c2)cc1Br. The van der Waals surface area contributed by atoms with Crippen LogP contribution in [-0.4, -0.2) is 11.8 Å². The summed E-state index contributed by atoms with van der Waals surface area (Å²) in [5, 5.41) is 2.80. The van der Waals surface area contributed by atoms with Gasteiger partial charge in [0.05, 0.1) is 0 Å². The van der Waals surface area contributed by atoms with Crippen LogP contribution in [0.5, 0.6) is 0 Å². The van der Waals surface area contributed by atoms with E-state index in [1.807, 2.05) is 25.1 Å². The molecule has 0 spiro atoms. The number of aromatic nitrogens is 1. The highest BCUT2D eigenvalue weighted by molar-refractivity contribution is 9.10. The van der Waals surface area contributed by atoms with Gasteiger partial charge in [-0.3, -0.25) is 9.59 Å². The molecule has 0 unspecified atom stereocenters. The van der Waals surface area contributed by atoms with Crippen LogP contribution in [-0.2, 0) is 11.3 Å². The van der Waals surface area contributed by atoms with Gasteiger partial charge in [0.1, 0.15) is 5.56 Å². The molecule has 5 nitrogen and oxygen atoms in total. The van der Waals surface area contributed by atoms with Crippen molar-refractivity contribution < 1.29 is 14.2 Å². The molecule has 1 aromatic carbocycles. The van der Waals surface area contributed by atoms with E-state index in [9.17, 15) is 9.59 Å². The van der Waals surface area contributed by atoms with Crippen LogP contribution in [0.25, 0.3) is 0 Å². The zero-order valence-electron chi connectivity index (χ0n) is 11.5. The molecule has 0 radical (unpaired) electrons. The summed E-state index contributed by atoms with van der Waals surface area (Å²) >= 11 is 3.42. The Hall–Kier alpha value is -2.21. The summed E-state index contributed by atoms with van der Waals surface area (Å²) in [6, 6.07) is 8.88. The van der Waals surface area contributed by atoms with Gasteiger partial charge >= 0.3 is 0 Å². The van der Waals surface area contributed by atoms with Crippen molar-refractivity contribution in [1.29, 1.82) is 0 Å². The predicted octanol–water partition coefficient (Wildman–Crippen LogP) is 1.78. The van der Waals surface area contributed by atoms with Crippen molar-refractivity contribution in [1.82, 2.24) is 0 Å². The van der Waals surface area contributed by atoms with Crippen LogP contribution >= 0.6 is 15.9 Å². The number of benzene rings is 1. The Labute approximate surface area is 130 Å². The number of halogens is 1. The van der Waals surface area contributed by atoms with E-state index >= 15 is 0 Å². The van der Waals surface area contributed by atoms with Crippen molar-refractivity contribution >= 4 is 33.4 Å². The second kappa shape index (κ2) is 6.49. The lowest BCUT2D eigenvalue weighted by Crippen LogP contribution is -2.40. The zero-order chi connectivity index (χ0) is 15.4. The lowest BCUT2D eigenvalue weighted by Gasteiger charge is -2.05. The van der Waals surface area contributed by atoms with E-state index in [-0.39, 0.29) is 12.5 Å². The molecule has 2 rings (SSSR count). The maximum Gasteiger partial charge on any atom is 0.290 e. The first-order valence-electron chi connectivity index (χ1n) is 6.30. The average Bonchev–Trinajstić information content (AvgIpc) is 2.43. The van der Waals surface area contributed by atoms with Gasteiger partial charge < -0.3 is 11.1 Å². The van der Waals surface area contributed by atoms with Crippen LogP contribution in [0.2, 0.25) is 0 Å². The summed E-state index contributed by atoms with van der Waals surface area (Å²) in [7, 11) is 0. The number of rotatable bonds is 4. The molecule has 3 N–H and O–H groups in total. The largest absolute Gasteiger partial charge is 0.365 e. The monoisotopic (exact) mass is 348 g/mol. The first-order chi connectivity index (χ1) is 9.95. The Kier molecular flexibility index (Phi) is 4.70. The summed E-state index contributed by atoms with van der Waals surface area (Å²) < 4.78 is 2.54. The first-order valence-corrected chi connectivity index (χ1v) is 7.10. The molecule has 21 heavy (non-hydrogen) atoms. The molecular formula is C15H15BrN3O2+. The number of carbonyl (C=O) groups is 2. The number of anilines is 1. The van der Waals surface area contributed by atoms with Gasteiger partial charge in [0.2, 0.25) is 6.54 Å². The highest BCUT2D eigenvalue weighted by Gasteiger charge is 2.12. The van der Waals surface area contributed by atoms with E-state index in [0.717, 1.165) is 10.0 Å². The van der Waals surface area contributed by atoms with E-state index < -0.39 is 5.91 Å². The van der Waals surface area contributed by atoms with E-state index in [2.05, 4.69) is 21.2 Å². The number of nitrogens with zero attached hydrogens (tertiary/aromatic N) is 1. The van der Waals surface area contributed by atoms with Gasteiger partial charge in [-0.15, -0.1) is 0 Å². The third kappa shape index (κ3) is 4.13. The molecule has 2 amide bonds. The van der Waals surface area contributed by atoms with E-state index in [4.69, 9.17) is 5.73 Å². The van der Waals surface area contributed by atoms with Crippen LogP contribution in [0.3, 0.4) is 0 Å². The molecule has 108 valence electrons. The van der Waals surface area contributed by atoms with Crippen LogP contribution in [0.15, 0.2) is 47.2 Å². The molecule has 1 aromatic heterocycles. The van der Waals surface area contributed by atoms with Crippen molar-refractivity contribution in [3.05, 3.63) is 58.3 Å². The maximum absolute atomic E-state index is 12.0. The Morgan fingerprint density at radius 2 is 2.10 bits per heavy atom. The molecule has 0 aliphatic carbocycles. The number of amides is 2. The smallest absolute Gasteiger partial charge is 0.290 e. The Bertz CT molecular complexity index is 701. The van der Waals surface area contributed by atoms with Crippen molar-refractivity contribution in [2.45, 2.75) is 13.5 Å². The molecule has 0 saturated heterocycles. The molecular weight excluding hydrogens is 334 g/mol. The predicted molar refractivity (Wildman–Crippen MR) is 82.7 cm³/mol. The molecule has 6 heteroatoms. The van der Waals surface area contributed by atoms with Crippen LogP contribution < -0.4 is 15.6 Å². The molecule has 0 aliphatic rings. The minimum Gasteiger partial charge on any atom is -0.365 e. The van der Waals surface area contributed by atoms with Gasteiger partial charge in [-0.1, -0.05) is 22.0 Å². The number of primary amides is 1. The summed E-state index contributed by atoms with van der Waals surface area (Å²) in [5.41, 5.74) is 7.38. The molecule has 0 aliphatic heterocycles. The summed E-state index contributed by atoms with van der Waals surface area (Å²) in [5.74, 6) is -0.704. The topological polar surface area (TPSA) is 76.1 Å². The number of aryl methyl sites for hydroxylation is 1. The average molecular weight is 349 g/mol. The van der Waals surface area contributed by atoms with Gasteiger partial charge in [-0.05, 0) is 30.7 Å². The van der Waals surface area contributed by atoms with Crippen molar-refractivity contribution in [2.24, 2.45) is 5.73 Å². The standard InChI is InChI=1S/C15H14BrN3O2/c1-10-4-5-12(7-13(10)16)18-14(20)9-19-6-2-3-11(8-19)15(17)21/h2-8H,9H2,1H3,(H2-,17,18,20,21)/p+1. The highest BCUT2D eigenvalue weighted by atomic mass is 79.9. The van der Waals surface area contributed by atoms with Crippen LogP contribution in [0.4, 0.5) is 5.69 Å². The normalized spacial score (nSPS) is 10.2. The van der Waals surface area contributed by atoms with Crippen molar-refractivity contribution in [2.75, 3.05) is 5.32 Å². The van der Waals surface area contributed by atoms with E-state index in [1.165, 1.54) is 0 Å². The van der Waals surface area contributed by atoms with Gasteiger partial charge in [-0.25, -0.2) is 0 Å². The fourth-order valence-electron chi connectivity index (χ4n) is 1.80. The number of hydrogen-bond acceptors (Lipinski definition) is 2. The quantitative estimate of drug-likeness (QED) is 0.826. The van der Waals surface area contributed by atoms with Crippen molar-refractivity contribution in [3.8, 4) is 0 Å². The number of carbonyl (C=O) groups excluding carboxylic acids is 2. The summed E-state index contributed by atoms with van der Waals surface area (Å²) in [6.45, 7) is 2.08. The fourth-order valence-corrected chi connectivity index (χ4v) is 2.18. The second-order valence-corrected chi connectivity index (χ2v) is 5.50. The minimum atomic E-state index is -0.521. The first kappa shape index (κ1) is 15.2. The third-order valence-corrected chi connectivity index (χ3v) is 3.78. The fraction of sp³-hybridized carbons (Fsp3) is 0.133. The maximum atomic E-state index is 12.0. The second-order valence-electron chi connectivity index (χ2n) is 4.64. The number of nitrogens with two attached hydrogens (primary N) is 1. The Morgan fingerprint density at radius 3 is 2.76 bits per heavy atom. The minimum absolute atomic E-state index is 0.104. The molecule has 0 fully saturated rings. The van der Waals surface area contributed by atoms with E-state index in [1.54, 1.807) is 29.1 Å². The third-order valence-electron chi connectivity index (χ3n) is 2.92. The lowest BCUT2D eigenvalue weighted by atomic mass is 10.2. The Morgan fingerprint density at radius 1 is 1.33 bits per heavy atom. The van der Waals surface area contributed by atoms with Crippen LogP contribution in [0, 0.1) is 6.92 Å². The summed E-state index contributed by atoms with van der Waals surface area (Å²) in [4.78, 5) is 23.1. The van der Waals surface area contributed by atoms with Gasteiger partial charge in [0.25, 0.3) is 11.8 Å². The van der Waals surface area contributed by atoms with Gasteiger partial charge in [0.15, 0.2) is 12.4 Å². The highest BCUT2D eigenvalue weighted by Crippen LogP contribution is 2.20. The van der Waals surface area contributed by atoms with Crippen molar-refractivity contribution in [3.63, 3.8) is 0 Å². The molecule has 0 saturated carbocycles. The van der Waals surface area contributed by atoms with Crippen LogP contribution in [0.1, 0.15) is 15.9 Å². The zero-order valence-corrected chi connectivity index (χ0v) is 13.1. The molecule has 2 aromatic rings. The summed E-state index contributed by atoms with van der Waals surface area (Å²) in [6.07, 6.45) is 3.25. The lowest BCUT2D eigenvalue weighted by molar-refractivity contribution is -0.684. The molecule has 0 bridgehead atoms.